The summed E-state index contributed by atoms with van der Waals surface area (Å²) in [6.07, 6.45) is 8.75. The van der Waals surface area contributed by atoms with E-state index in [1.165, 1.54) is 59.9 Å². The van der Waals surface area contributed by atoms with E-state index in [4.69, 9.17) is 19.9 Å². The number of benzene rings is 7. The third kappa shape index (κ3) is 5.59. The number of hydrogen-bond acceptors (Lipinski definition) is 4. The van der Waals surface area contributed by atoms with E-state index in [0.29, 0.717) is 29.3 Å². The summed E-state index contributed by atoms with van der Waals surface area (Å²) in [6, 6.07) is 63.8. The van der Waals surface area contributed by atoms with Crippen molar-refractivity contribution in [3.8, 4) is 78.7 Å². The molecule has 296 valence electrons. The smallest absolute Gasteiger partial charge is 0.164 e. The van der Waals surface area contributed by atoms with Crippen LogP contribution < -0.4 is 0 Å². The molecule has 14 rings (SSSR count). The summed E-state index contributed by atoms with van der Waals surface area (Å²) < 4.78 is 0. The molecule has 0 radical (unpaired) electrons. The molecule has 5 aliphatic rings. The molecule has 2 aromatic heterocycles. The minimum Gasteiger partial charge on any atom is -0.256 e. The highest BCUT2D eigenvalue weighted by Gasteiger charge is 2.61. The summed E-state index contributed by atoms with van der Waals surface area (Å²) in [7, 11) is 0. The second-order valence-corrected chi connectivity index (χ2v) is 18.3. The Bertz CT molecular complexity index is 3100. The molecule has 0 atom stereocenters. The predicted molar refractivity (Wildman–Crippen MR) is 251 cm³/mol. The molecule has 4 heteroatoms. The van der Waals surface area contributed by atoms with E-state index in [1.54, 1.807) is 11.1 Å². The van der Waals surface area contributed by atoms with E-state index in [-0.39, 0.29) is 5.41 Å². The largest absolute Gasteiger partial charge is 0.256 e. The van der Waals surface area contributed by atoms with Gasteiger partial charge in [-0.3, -0.25) is 4.98 Å². The highest BCUT2D eigenvalue weighted by molar-refractivity contribution is 5.96. The minimum atomic E-state index is 0.0361. The van der Waals surface area contributed by atoms with E-state index in [9.17, 15) is 0 Å². The number of rotatable bonds is 6. The highest BCUT2D eigenvalue weighted by atomic mass is 15.0. The fourth-order valence-electron chi connectivity index (χ4n) is 12.6. The topological polar surface area (TPSA) is 51.6 Å². The van der Waals surface area contributed by atoms with Crippen molar-refractivity contribution in [2.24, 2.45) is 23.7 Å². The molecule has 0 aliphatic heterocycles. The van der Waals surface area contributed by atoms with Crippen LogP contribution in [0.25, 0.3) is 89.6 Å². The molecule has 4 fully saturated rings. The van der Waals surface area contributed by atoms with E-state index < -0.39 is 0 Å². The first-order valence-electron chi connectivity index (χ1n) is 22.4. The number of pyridine rings is 1. The monoisotopic (exact) mass is 796 g/mol. The van der Waals surface area contributed by atoms with Crippen molar-refractivity contribution in [1.29, 1.82) is 0 Å². The van der Waals surface area contributed by atoms with Crippen LogP contribution in [0.2, 0.25) is 0 Å². The minimum absolute atomic E-state index is 0.0361. The molecular weight excluding hydrogens is 753 g/mol. The van der Waals surface area contributed by atoms with Gasteiger partial charge in [0.15, 0.2) is 17.5 Å². The summed E-state index contributed by atoms with van der Waals surface area (Å²) in [5, 5.41) is 1.12. The van der Waals surface area contributed by atoms with Crippen LogP contribution in [0.3, 0.4) is 0 Å². The highest BCUT2D eigenvalue weighted by Crippen LogP contribution is 2.69. The number of hydrogen-bond donors (Lipinski definition) is 0. The molecule has 7 aromatic carbocycles. The molecule has 5 aliphatic carbocycles. The molecule has 9 aromatic rings. The van der Waals surface area contributed by atoms with E-state index in [0.717, 1.165) is 56.1 Å². The summed E-state index contributed by atoms with van der Waals surface area (Å²) >= 11 is 0. The van der Waals surface area contributed by atoms with Crippen molar-refractivity contribution < 1.29 is 0 Å². The molecule has 2 heterocycles. The fourth-order valence-corrected chi connectivity index (χ4v) is 12.6. The Morgan fingerprint density at radius 1 is 0.355 bits per heavy atom. The Labute approximate surface area is 362 Å². The van der Waals surface area contributed by atoms with Gasteiger partial charge in [0.05, 0.1) is 5.52 Å². The van der Waals surface area contributed by atoms with Crippen LogP contribution in [0.5, 0.6) is 0 Å². The Morgan fingerprint density at radius 3 is 1.58 bits per heavy atom. The standard InChI is InChI=1S/C58H44N4/c1-4-12-38(13-5-1)41-21-23-52-51(34-41)49-22-20-42(35-53(49)58(52)46-27-36-26-37(29-46)30-47(58)28-36)43-31-44(48-24-25-59-54-19-11-10-18-50(48)54)33-45(32-43)57-61-55(39-14-6-2-7-15-39)60-56(62-57)40-16-8-3-9-17-40/h1-25,31-37,46-47H,26-30H2. The summed E-state index contributed by atoms with van der Waals surface area (Å²) in [5.74, 6) is 5.05. The summed E-state index contributed by atoms with van der Waals surface area (Å²) in [6.45, 7) is 0. The van der Waals surface area contributed by atoms with Gasteiger partial charge < -0.3 is 0 Å². The van der Waals surface area contributed by atoms with Gasteiger partial charge in [-0.25, -0.2) is 15.0 Å². The van der Waals surface area contributed by atoms with Gasteiger partial charge in [0.25, 0.3) is 0 Å². The summed E-state index contributed by atoms with van der Waals surface area (Å²) in [5.41, 5.74) is 17.1. The van der Waals surface area contributed by atoms with Crippen molar-refractivity contribution in [2.75, 3.05) is 0 Å². The van der Waals surface area contributed by atoms with Gasteiger partial charge in [-0.1, -0.05) is 133 Å². The lowest BCUT2D eigenvalue weighted by Crippen LogP contribution is -2.55. The molecule has 0 saturated heterocycles. The van der Waals surface area contributed by atoms with Gasteiger partial charge in [0, 0.05) is 33.7 Å². The van der Waals surface area contributed by atoms with Crippen LogP contribution in [-0.4, -0.2) is 19.9 Å². The summed E-state index contributed by atoms with van der Waals surface area (Å²) in [4.78, 5) is 20.3. The average molecular weight is 797 g/mol. The number of nitrogens with zero attached hydrogens (tertiary/aromatic N) is 4. The third-order valence-corrected chi connectivity index (χ3v) is 14.9. The van der Waals surface area contributed by atoms with Gasteiger partial charge >= 0.3 is 0 Å². The maximum absolute atomic E-state index is 5.23. The quantitative estimate of drug-likeness (QED) is 0.168. The fraction of sp³-hybridized carbons (Fsp3) is 0.172. The zero-order valence-corrected chi connectivity index (χ0v) is 34.5. The lowest BCUT2D eigenvalue weighted by atomic mass is 9.43. The Morgan fingerprint density at radius 2 is 0.903 bits per heavy atom. The van der Waals surface area contributed by atoms with E-state index >= 15 is 0 Å². The van der Waals surface area contributed by atoms with Crippen molar-refractivity contribution in [3.63, 3.8) is 0 Å². The lowest BCUT2D eigenvalue weighted by Gasteiger charge is -2.61. The molecule has 0 amide bonds. The Kier molecular flexibility index (Phi) is 8.06. The SMILES string of the molecule is c1ccc(-c2ccc3c(c2)-c2ccc(-c4cc(-c5nc(-c6ccccc6)nc(-c6ccccc6)n5)cc(-c5ccnc6ccccc56)c4)cc2C32C3CC4CC(C3)CC2C4)cc1. The maximum atomic E-state index is 5.23. The number of fused-ring (bicyclic) bond motifs is 4. The first-order valence-corrected chi connectivity index (χ1v) is 22.4. The molecular formula is C58H44N4. The maximum Gasteiger partial charge on any atom is 0.164 e. The third-order valence-electron chi connectivity index (χ3n) is 14.9. The Hall–Kier alpha value is -7.04. The second kappa shape index (κ2) is 14.0. The predicted octanol–water partition coefficient (Wildman–Crippen LogP) is 14.1. The molecule has 0 unspecified atom stereocenters. The van der Waals surface area contributed by atoms with Crippen LogP contribution in [0.4, 0.5) is 0 Å². The normalized spacial score (nSPS) is 21.6. The lowest BCUT2D eigenvalue weighted by molar-refractivity contribution is -0.0399. The molecule has 4 saturated carbocycles. The molecule has 62 heavy (non-hydrogen) atoms. The number of para-hydroxylation sites is 1. The van der Waals surface area contributed by atoms with Crippen LogP contribution in [0.15, 0.2) is 182 Å². The van der Waals surface area contributed by atoms with Gasteiger partial charge in [-0.05, 0) is 154 Å². The molecule has 4 nitrogen and oxygen atoms in total. The molecule has 4 bridgehead atoms. The molecule has 0 N–H and O–H groups in total. The van der Waals surface area contributed by atoms with E-state index in [1.807, 2.05) is 42.6 Å². The van der Waals surface area contributed by atoms with Crippen LogP contribution in [0, 0.1) is 23.7 Å². The zero-order chi connectivity index (χ0) is 40.8. The van der Waals surface area contributed by atoms with Crippen molar-refractivity contribution in [1.82, 2.24) is 19.9 Å². The first kappa shape index (κ1) is 35.7. The Balaban J connectivity index is 1.03. The van der Waals surface area contributed by atoms with Gasteiger partial charge in [-0.15, -0.1) is 0 Å². The van der Waals surface area contributed by atoms with Gasteiger partial charge in [0.2, 0.25) is 0 Å². The molecule has 1 spiro atoms. The van der Waals surface area contributed by atoms with Crippen molar-refractivity contribution in [3.05, 3.63) is 193 Å². The van der Waals surface area contributed by atoms with Gasteiger partial charge in [-0.2, -0.15) is 0 Å². The van der Waals surface area contributed by atoms with E-state index in [2.05, 4.69) is 140 Å². The van der Waals surface area contributed by atoms with Crippen LogP contribution >= 0.6 is 0 Å². The number of aromatic nitrogens is 4. The first-order chi connectivity index (χ1) is 30.7. The van der Waals surface area contributed by atoms with Crippen molar-refractivity contribution in [2.45, 2.75) is 37.5 Å². The second-order valence-electron chi connectivity index (χ2n) is 18.3. The van der Waals surface area contributed by atoms with Crippen LogP contribution in [-0.2, 0) is 5.41 Å². The van der Waals surface area contributed by atoms with Gasteiger partial charge in [0.1, 0.15) is 0 Å². The van der Waals surface area contributed by atoms with Crippen molar-refractivity contribution >= 4 is 10.9 Å². The average Bonchev–Trinajstić information content (AvgIpc) is 3.62. The zero-order valence-electron chi connectivity index (χ0n) is 34.5. The van der Waals surface area contributed by atoms with Crippen LogP contribution in [0.1, 0.15) is 43.2 Å².